The molecule has 0 bridgehead atoms. The molecule has 0 radical (unpaired) electrons. The lowest BCUT2D eigenvalue weighted by atomic mass is 10.1. The average Bonchev–Trinajstić information content (AvgIpc) is 3.29. The topological polar surface area (TPSA) is 91.2 Å². The van der Waals surface area contributed by atoms with E-state index in [1.165, 1.54) is 0 Å². The van der Waals surface area contributed by atoms with Gasteiger partial charge in [0, 0.05) is 34.3 Å². The Morgan fingerprint density at radius 2 is 1.71 bits per heavy atom. The number of hydrogen-bond donors (Lipinski definition) is 1. The van der Waals surface area contributed by atoms with Crippen LogP contribution in [0.2, 0.25) is 0 Å². The number of carbonyl (C=O) groups is 1. The molecule has 1 N–H and O–H groups in total. The second-order valence-corrected chi connectivity index (χ2v) is 9.09. The van der Waals surface area contributed by atoms with Gasteiger partial charge >= 0.3 is 0 Å². The van der Waals surface area contributed by atoms with Crippen molar-refractivity contribution in [2.75, 3.05) is 14.2 Å². The first-order valence-corrected chi connectivity index (χ1v) is 12.2. The molecule has 8 heteroatoms. The molecule has 6 aromatic rings. The summed E-state index contributed by atoms with van der Waals surface area (Å²) in [5.74, 6) is 1.50. The summed E-state index contributed by atoms with van der Waals surface area (Å²) in [7, 11) is 3.15. The first kappa shape index (κ1) is 23.5. The summed E-state index contributed by atoms with van der Waals surface area (Å²) in [6.45, 7) is 2.02. The zero-order valence-corrected chi connectivity index (χ0v) is 21.1. The lowest BCUT2D eigenvalue weighted by Crippen LogP contribution is -2.35. The van der Waals surface area contributed by atoms with Crippen molar-refractivity contribution in [2.24, 2.45) is 0 Å². The van der Waals surface area contributed by atoms with Gasteiger partial charge in [-0.1, -0.05) is 24.3 Å². The Balaban J connectivity index is 1.29. The molecule has 0 aliphatic carbocycles. The summed E-state index contributed by atoms with van der Waals surface area (Å²) in [5, 5.41) is 6.12. The normalized spacial score (nSPS) is 12.3. The molecule has 0 spiro atoms. The highest BCUT2D eigenvalue weighted by atomic mass is 16.5. The van der Waals surface area contributed by atoms with Crippen molar-refractivity contribution in [1.29, 1.82) is 0 Å². The number of rotatable bonds is 7. The summed E-state index contributed by atoms with van der Waals surface area (Å²) >= 11 is 0. The number of ether oxygens (including phenoxy) is 3. The maximum Gasteiger partial charge on any atom is 0.263 e. The highest BCUT2D eigenvalue weighted by molar-refractivity contribution is 6.18. The summed E-state index contributed by atoms with van der Waals surface area (Å²) in [6.07, 6.45) is 1.02. The number of fused-ring (bicyclic) bond motifs is 5. The van der Waals surface area contributed by atoms with Crippen molar-refractivity contribution in [3.8, 4) is 17.2 Å². The second-order valence-electron chi connectivity index (χ2n) is 9.09. The molecule has 1 amide bonds. The molecule has 190 valence electrons. The first-order chi connectivity index (χ1) is 18.5. The van der Waals surface area contributed by atoms with Crippen LogP contribution in [0.5, 0.6) is 17.2 Å². The van der Waals surface area contributed by atoms with E-state index in [0.717, 1.165) is 38.3 Å². The fraction of sp³-hybridized carbons (Fsp3) is 0.167. The van der Waals surface area contributed by atoms with E-state index in [2.05, 4.69) is 10.3 Å². The van der Waals surface area contributed by atoms with Crippen molar-refractivity contribution in [2.45, 2.75) is 19.6 Å². The molecule has 3 aromatic heterocycles. The lowest BCUT2D eigenvalue weighted by Gasteiger charge is -2.15. The lowest BCUT2D eigenvalue weighted by molar-refractivity contribution is -0.127. The molecule has 0 aliphatic heterocycles. The maximum absolute atomic E-state index is 13.4. The zero-order chi connectivity index (χ0) is 26.4. The molecule has 0 saturated heterocycles. The van der Waals surface area contributed by atoms with E-state index >= 15 is 0 Å². The number of benzene rings is 3. The molecule has 1 unspecified atom stereocenters. The molecule has 8 nitrogen and oxygen atoms in total. The molecule has 1 atom stereocenters. The van der Waals surface area contributed by atoms with Crippen molar-refractivity contribution >= 4 is 44.0 Å². The van der Waals surface area contributed by atoms with Gasteiger partial charge in [0.1, 0.15) is 5.75 Å². The zero-order valence-electron chi connectivity index (χ0n) is 21.1. The summed E-state index contributed by atoms with van der Waals surface area (Å²) in [6, 6.07) is 20.4. The minimum absolute atomic E-state index is 0.0855. The van der Waals surface area contributed by atoms with Crippen molar-refractivity contribution < 1.29 is 19.0 Å². The van der Waals surface area contributed by atoms with Crippen LogP contribution in [0.4, 0.5) is 0 Å². The van der Waals surface area contributed by atoms with E-state index < -0.39 is 6.10 Å². The van der Waals surface area contributed by atoms with Crippen LogP contribution in [0.1, 0.15) is 12.5 Å². The molecule has 3 aromatic carbocycles. The third-order valence-corrected chi connectivity index (χ3v) is 6.86. The van der Waals surface area contributed by atoms with Crippen LogP contribution >= 0.6 is 0 Å². The van der Waals surface area contributed by atoms with Crippen LogP contribution in [-0.2, 0) is 11.3 Å². The fourth-order valence-electron chi connectivity index (χ4n) is 5.00. The van der Waals surface area contributed by atoms with Crippen molar-refractivity contribution in [3.05, 3.63) is 88.8 Å². The quantitative estimate of drug-likeness (QED) is 0.315. The monoisotopic (exact) mass is 507 g/mol. The van der Waals surface area contributed by atoms with Gasteiger partial charge in [-0.15, -0.1) is 0 Å². The van der Waals surface area contributed by atoms with Crippen LogP contribution < -0.4 is 25.1 Å². The predicted molar refractivity (Wildman–Crippen MR) is 147 cm³/mol. The molecule has 38 heavy (non-hydrogen) atoms. The summed E-state index contributed by atoms with van der Waals surface area (Å²) in [5.41, 5.74) is 3.12. The summed E-state index contributed by atoms with van der Waals surface area (Å²) < 4.78 is 18.3. The molecule has 3 heterocycles. The fourth-order valence-corrected chi connectivity index (χ4v) is 5.00. The molecular weight excluding hydrogens is 482 g/mol. The van der Waals surface area contributed by atoms with E-state index in [-0.39, 0.29) is 11.5 Å². The van der Waals surface area contributed by atoms with E-state index in [0.29, 0.717) is 29.2 Å². The molecule has 0 aliphatic rings. The van der Waals surface area contributed by atoms with Crippen molar-refractivity contribution in [1.82, 2.24) is 14.7 Å². The van der Waals surface area contributed by atoms with Crippen LogP contribution in [0, 0.1) is 0 Å². The SMILES string of the molecule is COc1ccc(CNC(=O)C(C)Oc2ccc3c(c2)c2ccnc4c5ccccc5c(=O)n3c24)cc1OC. The van der Waals surface area contributed by atoms with Gasteiger partial charge in [-0.05, 0) is 55.0 Å². The number of carbonyl (C=O) groups excluding carboxylic acids is 1. The maximum atomic E-state index is 13.4. The van der Waals surface area contributed by atoms with Crippen LogP contribution in [-0.4, -0.2) is 35.6 Å². The number of methoxy groups -OCH3 is 2. The van der Waals surface area contributed by atoms with Crippen LogP contribution in [0.3, 0.4) is 0 Å². The number of nitrogens with one attached hydrogen (secondary N) is 1. The molecular formula is C30H25N3O5. The van der Waals surface area contributed by atoms with E-state index in [1.807, 2.05) is 54.6 Å². The van der Waals surface area contributed by atoms with Gasteiger partial charge in [0.15, 0.2) is 17.6 Å². The standard InChI is InChI=1S/C30H25N3O5/c1-17(29(34)32-16-18-8-11-25(36-2)26(14-18)37-3)38-19-9-10-24-23(15-19)21-12-13-31-27-20-6-4-5-7-22(20)30(35)33(24)28(21)27/h4-15,17H,16H2,1-3H3,(H,32,34). The Hall–Kier alpha value is -4.85. The molecule has 0 fully saturated rings. The van der Waals surface area contributed by atoms with Crippen LogP contribution in [0.25, 0.3) is 38.1 Å². The molecule has 0 saturated carbocycles. The van der Waals surface area contributed by atoms with Crippen LogP contribution in [0.15, 0.2) is 77.7 Å². The van der Waals surface area contributed by atoms with Gasteiger partial charge < -0.3 is 19.5 Å². The molecule has 6 rings (SSSR count). The van der Waals surface area contributed by atoms with Gasteiger partial charge in [-0.25, -0.2) is 0 Å². The third-order valence-electron chi connectivity index (χ3n) is 6.86. The highest BCUT2D eigenvalue weighted by Gasteiger charge is 2.20. The van der Waals surface area contributed by atoms with Crippen molar-refractivity contribution in [3.63, 3.8) is 0 Å². The second kappa shape index (κ2) is 9.23. The first-order valence-electron chi connectivity index (χ1n) is 12.2. The summed E-state index contributed by atoms with van der Waals surface area (Å²) in [4.78, 5) is 30.8. The Morgan fingerprint density at radius 3 is 2.50 bits per heavy atom. The smallest absolute Gasteiger partial charge is 0.263 e. The highest BCUT2D eigenvalue weighted by Crippen LogP contribution is 2.34. The minimum atomic E-state index is -0.736. The number of pyridine rings is 2. The van der Waals surface area contributed by atoms with Gasteiger partial charge in [0.25, 0.3) is 11.5 Å². The van der Waals surface area contributed by atoms with Gasteiger partial charge in [-0.3, -0.25) is 19.0 Å². The van der Waals surface area contributed by atoms with E-state index in [9.17, 15) is 9.59 Å². The van der Waals surface area contributed by atoms with Gasteiger partial charge in [0.2, 0.25) is 0 Å². The Kier molecular flexibility index (Phi) is 5.72. The number of nitrogens with zero attached hydrogens (tertiary/aromatic N) is 2. The van der Waals surface area contributed by atoms with Gasteiger partial charge in [-0.2, -0.15) is 0 Å². The third kappa shape index (κ3) is 3.73. The Labute approximate surface area is 217 Å². The Morgan fingerprint density at radius 1 is 0.921 bits per heavy atom. The largest absolute Gasteiger partial charge is 0.493 e. The number of amides is 1. The number of aromatic nitrogens is 2. The number of hydrogen-bond acceptors (Lipinski definition) is 6. The average molecular weight is 508 g/mol. The van der Waals surface area contributed by atoms with Gasteiger partial charge in [0.05, 0.1) is 30.8 Å². The van der Waals surface area contributed by atoms with E-state index in [4.69, 9.17) is 14.2 Å². The minimum Gasteiger partial charge on any atom is -0.493 e. The predicted octanol–water partition coefficient (Wildman–Crippen LogP) is 4.69. The Bertz CT molecular complexity index is 1900. The van der Waals surface area contributed by atoms with E-state index in [1.54, 1.807) is 43.9 Å².